The molecule has 0 atom stereocenters. The van der Waals surface area contributed by atoms with Gasteiger partial charge in [-0.15, -0.1) is 5.10 Å². The summed E-state index contributed by atoms with van der Waals surface area (Å²) in [5, 5.41) is 7.68. The van der Waals surface area contributed by atoms with E-state index in [2.05, 4.69) is 10.3 Å². The molecule has 0 unspecified atom stereocenters. The molecule has 1 aromatic heterocycles. The molecular weight excluding hydrogens is 192 g/mol. The molecule has 0 aliphatic heterocycles. The van der Waals surface area contributed by atoms with Crippen LogP contribution >= 0.6 is 0 Å². The van der Waals surface area contributed by atoms with E-state index in [9.17, 15) is 0 Å². The van der Waals surface area contributed by atoms with Gasteiger partial charge in [0.05, 0.1) is 24.7 Å². The second-order valence-electron chi connectivity index (χ2n) is 3.20. The molecule has 5 heteroatoms. The van der Waals surface area contributed by atoms with Gasteiger partial charge in [0.25, 0.3) is 0 Å². The molecule has 0 bridgehead atoms. The molecule has 0 saturated heterocycles. The van der Waals surface area contributed by atoms with Crippen molar-refractivity contribution in [1.29, 1.82) is 0 Å². The largest absolute Gasteiger partial charge is 0.495 e. The van der Waals surface area contributed by atoms with Crippen molar-refractivity contribution < 1.29 is 4.74 Å². The minimum absolute atomic E-state index is 0.622. The molecule has 2 rings (SSSR count). The van der Waals surface area contributed by atoms with Gasteiger partial charge in [0, 0.05) is 12.6 Å². The van der Waals surface area contributed by atoms with Crippen LogP contribution in [0.4, 0.5) is 5.69 Å². The van der Waals surface area contributed by atoms with E-state index < -0.39 is 0 Å². The van der Waals surface area contributed by atoms with Crippen LogP contribution in [0, 0.1) is 0 Å². The molecule has 15 heavy (non-hydrogen) atoms. The summed E-state index contributed by atoms with van der Waals surface area (Å²) in [6.07, 6.45) is 1.70. The van der Waals surface area contributed by atoms with Crippen molar-refractivity contribution in [2.45, 2.75) is 0 Å². The molecule has 0 fully saturated rings. The van der Waals surface area contributed by atoms with Crippen LogP contribution in [0.1, 0.15) is 0 Å². The van der Waals surface area contributed by atoms with Crippen LogP contribution in [0.2, 0.25) is 0 Å². The number of benzene rings is 1. The molecule has 2 aromatic rings. The standard InChI is InChI=1S/C10H12N4O/c1-14-9(6-12-13-14)7-3-4-8(11)10(5-7)15-2/h3-6H,11H2,1-2H3. The number of nitrogens with zero attached hydrogens (tertiary/aromatic N) is 3. The highest BCUT2D eigenvalue weighted by molar-refractivity contribution is 5.66. The number of ether oxygens (including phenoxy) is 1. The predicted octanol–water partition coefficient (Wildman–Crippen LogP) is 1.07. The van der Waals surface area contributed by atoms with Crippen LogP contribution < -0.4 is 10.5 Å². The van der Waals surface area contributed by atoms with E-state index in [0.29, 0.717) is 11.4 Å². The molecule has 0 aliphatic carbocycles. The molecule has 0 spiro atoms. The van der Waals surface area contributed by atoms with Gasteiger partial charge >= 0.3 is 0 Å². The minimum atomic E-state index is 0.622. The predicted molar refractivity (Wildman–Crippen MR) is 57.4 cm³/mol. The molecular formula is C10H12N4O. The minimum Gasteiger partial charge on any atom is -0.495 e. The molecule has 0 amide bonds. The first-order valence-electron chi connectivity index (χ1n) is 4.51. The topological polar surface area (TPSA) is 66.0 Å². The SMILES string of the molecule is COc1cc(-c2cnnn2C)ccc1N. The van der Waals surface area contributed by atoms with Gasteiger partial charge in [-0.2, -0.15) is 0 Å². The fourth-order valence-corrected chi connectivity index (χ4v) is 1.42. The second kappa shape index (κ2) is 3.61. The van der Waals surface area contributed by atoms with Gasteiger partial charge in [-0.25, -0.2) is 4.68 Å². The number of nitrogens with two attached hydrogens (primary N) is 1. The Balaban J connectivity index is 2.51. The van der Waals surface area contributed by atoms with Crippen molar-refractivity contribution in [3.05, 3.63) is 24.4 Å². The number of nitrogen functional groups attached to an aromatic ring is 1. The van der Waals surface area contributed by atoms with Crippen LogP contribution in [0.3, 0.4) is 0 Å². The van der Waals surface area contributed by atoms with Crippen LogP contribution in [0.25, 0.3) is 11.3 Å². The first-order valence-corrected chi connectivity index (χ1v) is 4.51. The maximum atomic E-state index is 5.73. The van der Waals surface area contributed by atoms with Crippen molar-refractivity contribution in [1.82, 2.24) is 15.0 Å². The fraction of sp³-hybridized carbons (Fsp3) is 0.200. The Bertz CT molecular complexity index is 478. The third-order valence-electron chi connectivity index (χ3n) is 2.24. The summed E-state index contributed by atoms with van der Waals surface area (Å²) in [7, 11) is 3.43. The summed E-state index contributed by atoms with van der Waals surface area (Å²) in [4.78, 5) is 0. The zero-order valence-electron chi connectivity index (χ0n) is 8.64. The van der Waals surface area contributed by atoms with E-state index in [1.165, 1.54) is 0 Å². The molecule has 2 N–H and O–H groups in total. The van der Waals surface area contributed by atoms with Crippen molar-refractivity contribution in [3.8, 4) is 17.0 Å². The summed E-state index contributed by atoms with van der Waals surface area (Å²) >= 11 is 0. The number of aryl methyl sites for hydroxylation is 1. The van der Waals surface area contributed by atoms with Gasteiger partial charge in [-0.1, -0.05) is 11.3 Å². The summed E-state index contributed by atoms with van der Waals surface area (Å²) in [6.45, 7) is 0. The number of hydrogen-bond donors (Lipinski definition) is 1. The van der Waals surface area contributed by atoms with Gasteiger partial charge in [0.15, 0.2) is 0 Å². The molecule has 0 saturated carbocycles. The van der Waals surface area contributed by atoms with E-state index >= 15 is 0 Å². The summed E-state index contributed by atoms with van der Waals surface area (Å²) in [5.74, 6) is 0.661. The molecule has 0 radical (unpaired) electrons. The van der Waals surface area contributed by atoms with Gasteiger partial charge in [0.1, 0.15) is 5.75 Å². The maximum Gasteiger partial charge on any atom is 0.142 e. The monoisotopic (exact) mass is 204 g/mol. The lowest BCUT2D eigenvalue weighted by molar-refractivity contribution is 0.417. The average molecular weight is 204 g/mol. The quantitative estimate of drug-likeness (QED) is 0.743. The Kier molecular flexibility index (Phi) is 2.29. The molecule has 1 heterocycles. The van der Waals surface area contributed by atoms with Crippen molar-refractivity contribution >= 4 is 5.69 Å². The van der Waals surface area contributed by atoms with Crippen LogP contribution in [0.15, 0.2) is 24.4 Å². The van der Waals surface area contributed by atoms with E-state index in [4.69, 9.17) is 10.5 Å². The fourth-order valence-electron chi connectivity index (χ4n) is 1.42. The number of anilines is 1. The van der Waals surface area contributed by atoms with E-state index in [-0.39, 0.29) is 0 Å². The zero-order chi connectivity index (χ0) is 10.8. The Labute approximate surface area is 87.5 Å². The number of hydrogen-bond acceptors (Lipinski definition) is 4. The van der Waals surface area contributed by atoms with Gasteiger partial charge < -0.3 is 10.5 Å². The van der Waals surface area contributed by atoms with Gasteiger partial charge in [-0.05, 0) is 12.1 Å². The third kappa shape index (κ3) is 1.63. The second-order valence-corrected chi connectivity index (χ2v) is 3.20. The van der Waals surface area contributed by atoms with E-state index in [1.807, 2.05) is 19.2 Å². The Morgan fingerprint density at radius 3 is 2.80 bits per heavy atom. The Morgan fingerprint density at radius 2 is 2.20 bits per heavy atom. The average Bonchev–Trinajstić information content (AvgIpc) is 2.65. The Hall–Kier alpha value is -2.04. The van der Waals surface area contributed by atoms with Crippen molar-refractivity contribution in [2.75, 3.05) is 12.8 Å². The van der Waals surface area contributed by atoms with Crippen molar-refractivity contribution in [2.24, 2.45) is 7.05 Å². The molecule has 78 valence electrons. The highest BCUT2D eigenvalue weighted by Gasteiger charge is 2.06. The van der Waals surface area contributed by atoms with E-state index in [0.717, 1.165) is 11.3 Å². The first-order chi connectivity index (χ1) is 7.22. The molecule has 1 aromatic carbocycles. The number of methoxy groups -OCH3 is 1. The zero-order valence-corrected chi connectivity index (χ0v) is 8.64. The highest BCUT2D eigenvalue weighted by Crippen LogP contribution is 2.27. The number of rotatable bonds is 2. The van der Waals surface area contributed by atoms with Crippen LogP contribution in [-0.2, 0) is 7.05 Å². The lowest BCUT2D eigenvalue weighted by Crippen LogP contribution is -1.96. The summed E-state index contributed by atoms with van der Waals surface area (Å²) in [6, 6.07) is 5.59. The summed E-state index contributed by atoms with van der Waals surface area (Å²) < 4.78 is 6.85. The lowest BCUT2D eigenvalue weighted by Gasteiger charge is -2.06. The molecule has 0 aliphatic rings. The first kappa shape index (κ1) is 9.51. The van der Waals surface area contributed by atoms with Crippen LogP contribution in [0.5, 0.6) is 5.75 Å². The van der Waals surface area contributed by atoms with Crippen molar-refractivity contribution in [3.63, 3.8) is 0 Å². The van der Waals surface area contributed by atoms with Gasteiger partial charge in [0.2, 0.25) is 0 Å². The van der Waals surface area contributed by atoms with E-state index in [1.54, 1.807) is 24.1 Å². The Morgan fingerprint density at radius 1 is 1.40 bits per heavy atom. The smallest absolute Gasteiger partial charge is 0.142 e. The highest BCUT2D eigenvalue weighted by atomic mass is 16.5. The maximum absolute atomic E-state index is 5.73. The normalized spacial score (nSPS) is 10.3. The van der Waals surface area contributed by atoms with Crippen LogP contribution in [-0.4, -0.2) is 22.1 Å². The van der Waals surface area contributed by atoms with Gasteiger partial charge in [-0.3, -0.25) is 0 Å². The summed E-state index contributed by atoms with van der Waals surface area (Å²) in [5.41, 5.74) is 8.25. The third-order valence-corrected chi connectivity index (χ3v) is 2.24. The number of aromatic nitrogens is 3. The molecule has 5 nitrogen and oxygen atoms in total. The lowest BCUT2D eigenvalue weighted by atomic mass is 10.1.